The molecule has 0 aliphatic carbocycles. The van der Waals surface area contributed by atoms with E-state index in [1.54, 1.807) is 12.1 Å². The van der Waals surface area contributed by atoms with E-state index in [0.717, 1.165) is 26.4 Å². The second kappa shape index (κ2) is 8.28. The van der Waals surface area contributed by atoms with Crippen LogP contribution in [0, 0.1) is 10.1 Å². The second-order valence-electron chi connectivity index (χ2n) is 6.18. The summed E-state index contributed by atoms with van der Waals surface area (Å²) in [7, 11) is 0. The van der Waals surface area contributed by atoms with Gasteiger partial charge in [-0.3, -0.25) is 14.9 Å². The first kappa shape index (κ1) is 19.5. The van der Waals surface area contributed by atoms with E-state index in [-0.39, 0.29) is 11.6 Å². The highest BCUT2D eigenvalue weighted by molar-refractivity contribution is 7.21. The maximum absolute atomic E-state index is 12.5. The van der Waals surface area contributed by atoms with E-state index >= 15 is 0 Å². The van der Waals surface area contributed by atoms with Gasteiger partial charge in [0, 0.05) is 46.1 Å². The van der Waals surface area contributed by atoms with Crippen molar-refractivity contribution >= 4 is 56.0 Å². The van der Waals surface area contributed by atoms with Crippen LogP contribution in [0.5, 0.6) is 0 Å². The monoisotopic (exact) mass is 443 g/mol. The molecule has 146 valence electrons. The minimum atomic E-state index is -0.429. The van der Waals surface area contributed by atoms with Gasteiger partial charge in [-0.15, -0.1) is 22.7 Å². The van der Waals surface area contributed by atoms with Gasteiger partial charge >= 0.3 is 0 Å². The largest absolute Gasteiger partial charge is 0.351 e. The zero-order valence-electron chi connectivity index (χ0n) is 14.9. The molecule has 29 heavy (non-hydrogen) atoms. The van der Waals surface area contributed by atoms with Gasteiger partial charge in [-0.25, -0.2) is 4.98 Å². The van der Waals surface area contributed by atoms with Gasteiger partial charge in [0.15, 0.2) is 0 Å². The van der Waals surface area contributed by atoms with Gasteiger partial charge < -0.3 is 5.32 Å². The van der Waals surface area contributed by atoms with Crippen molar-refractivity contribution < 1.29 is 9.72 Å². The summed E-state index contributed by atoms with van der Waals surface area (Å²) in [5, 5.41) is 17.8. The first-order valence-corrected chi connectivity index (χ1v) is 10.7. The van der Waals surface area contributed by atoms with Crippen LogP contribution in [0.3, 0.4) is 0 Å². The Bertz CT molecular complexity index is 1200. The minimum Gasteiger partial charge on any atom is -0.351 e. The molecule has 4 rings (SSSR count). The number of aromatic nitrogens is 1. The number of hydrogen-bond donors (Lipinski definition) is 1. The van der Waals surface area contributed by atoms with Crippen LogP contribution >= 0.6 is 34.3 Å². The number of carbonyl (C=O) groups excluding carboxylic acids is 1. The zero-order valence-corrected chi connectivity index (χ0v) is 17.3. The molecule has 1 N–H and O–H groups in total. The van der Waals surface area contributed by atoms with Crippen LogP contribution in [-0.4, -0.2) is 22.4 Å². The maximum atomic E-state index is 12.5. The molecule has 6 nitrogen and oxygen atoms in total. The third-order valence-corrected chi connectivity index (χ3v) is 6.87. The molecule has 0 aliphatic heterocycles. The van der Waals surface area contributed by atoms with Gasteiger partial charge in [-0.2, -0.15) is 0 Å². The van der Waals surface area contributed by atoms with Crippen molar-refractivity contribution in [1.82, 2.24) is 10.3 Å². The number of benzene rings is 2. The molecule has 0 aliphatic rings. The summed E-state index contributed by atoms with van der Waals surface area (Å²) in [6.07, 6.45) is 0.589. The Morgan fingerprint density at radius 1 is 1.17 bits per heavy atom. The number of non-ortho nitro benzene ring substituents is 1. The lowest BCUT2D eigenvalue weighted by Gasteiger charge is -2.02. The number of fused-ring (bicyclic) bond motifs is 1. The highest BCUT2D eigenvalue weighted by Gasteiger charge is 2.16. The Morgan fingerprint density at radius 3 is 2.66 bits per heavy atom. The predicted octanol–water partition coefficient (Wildman–Crippen LogP) is 5.56. The molecule has 4 aromatic rings. The van der Waals surface area contributed by atoms with E-state index in [1.807, 2.05) is 29.6 Å². The van der Waals surface area contributed by atoms with Crippen LogP contribution in [0.15, 0.2) is 53.9 Å². The Balaban J connectivity index is 1.38. The summed E-state index contributed by atoms with van der Waals surface area (Å²) in [5.41, 5.74) is 1.63. The van der Waals surface area contributed by atoms with E-state index < -0.39 is 4.92 Å². The number of hydrogen-bond acceptors (Lipinski definition) is 6. The molecule has 0 saturated carbocycles. The van der Waals surface area contributed by atoms with E-state index in [9.17, 15) is 14.9 Å². The highest BCUT2D eigenvalue weighted by Crippen LogP contribution is 2.35. The standard InChI is InChI=1S/C20H14ClN3O3S2/c21-18-14-3-1-2-4-16(14)29-19(18)20(25)22-10-9-17-23-15(11-28-17)12-5-7-13(8-6-12)24(26)27/h1-8,11H,9-10H2,(H,22,25). The molecule has 2 aromatic heterocycles. The molecule has 0 atom stereocenters. The van der Waals surface area contributed by atoms with Crippen LogP contribution < -0.4 is 5.32 Å². The fourth-order valence-electron chi connectivity index (χ4n) is 2.84. The Morgan fingerprint density at radius 2 is 1.93 bits per heavy atom. The average molecular weight is 444 g/mol. The number of amides is 1. The number of rotatable bonds is 6. The third kappa shape index (κ3) is 4.14. The van der Waals surface area contributed by atoms with Gasteiger partial charge in [0.1, 0.15) is 4.88 Å². The molecule has 0 spiro atoms. The summed E-state index contributed by atoms with van der Waals surface area (Å²) in [6.45, 7) is 0.441. The topological polar surface area (TPSA) is 85.1 Å². The lowest BCUT2D eigenvalue weighted by atomic mass is 10.1. The van der Waals surface area contributed by atoms with Crippen LogP contribution in [0.4, 0.5) is 5.69 Å². The van der Waals surface area contributed by atoms with Crippen molar-refractivity contribution in [3.8, 4) is 11.3 Å². The smallest absolute Gasteiger partial charge is 0.269 e. The summed E-state index contributed by atoms with van der Waals surface area (Å²) in [4.78, 5) is 27.9. The lowest BCUT2D eigenvalue weighted by molar-refractivity contribution is -0.384. The molecule has 0 fully saturated rings. The number of halogens is 1. The number of nitrogens with one attached hydrogen (secondary N) is 1. The first-order chi connectivity index (χ1) is 14.0. The molecular formula is C20H14ClN3O3S2. The average Bonchev–Trinajstić information content (AvgIpc) is 3.33. The van der Waals surface area contributed by atoms with Gasteiger partial charge in [0.2, 0.25) is 0 Å². The van der Waals surface area contributed by atoms with Crippen molar-refractivity contribution in [3.63, 3.8) is 0 Å². The molecule has 0 radical (unpaired) electrons. The Kier molecular flexibility index (Phi) is 5.57. The first-order valence-electron chi connectivity index (χ1n) is 8.67. The molecule has 9 heteroatoms. The van der Waals surface area contributed by atoms with Crippen molar-refractivity contribution in [1.29, 1.82) is 0 Å². The number of nitro groups is 1. The normalized spacial score (nSPS) is 10.9. The van der Waals surface area contributed by atoms with E-state index in [1.165, 1.54) is 34.8 Å². The van der Waals surface area contributed by atoms with Gasteiger partial charge in [-0.1, -0.05) is 29.8 Å². The third-order valence-electron chi connectivity index (χ3n) is 4.29. The summed E-state index contributed by atoms with van der Waals surface area (Å²) < 4.78 is 0.982. The van der Waals surface area contributed by atoms with E-state index in [2.05, 4.69) is 10.3 Å². The van der Waals surface area contributed by atoms with Crippen LogP contribution in [0.25, 0.3) is 21.3 Å². The minimum absolute atomic E-state index is 0.0480. The number of carbonyl (C=O) groups is 1. The van der Waals surface area contributed by atoms with Crippen molar-refractivity contribution in [2.75, 3.05) is 6.54 Å². The van der Waals surface area contributed by atoms with Crippen molar-refractivity contribution in [2.24, 2.45) is 0 Å². The van der Waals surface area contributed by atoms with Crippen LogP contribution in [0.1, 0.15) is 14.7 Å². The molecule has 0 saturated heterocycles. The fraction of sp³-hybridized carbons (Fsp3) is 0.100. The zero-order chi connectivity index (χ0) is 20.4. The Hall–Kier alpha value is -2.81. The summed E-state index contributed by atoms with van der Waals surface area (Å²) in [6, 6.07) is 13.9. The van der Waals surface area contributed by atoms with Crippen molar-refractivity contribution in [3.05, 3.63) is 78.9 Å². The fourth-order valence-corrected chi connectivity index (χ4v) is 5.08. The summed E-state index contributed by atoms with van der Waals surface area (Å²) in [5.74, 6) is -0.191. The number of thiophene rings is 1. The molecule has 0 bridgehead atoms. The molecule has 0 unspecified atom stereocenters. The van der Waals surface area contributed by atoms with Gasteiger partial charge in [0.25, 0.3) is 11.6 Å². The molecule has 2 heterocycles. The molecular weight excluding hydrogens is 430 g/mol. The SMILES string of the molecule is O=C(NCCc1nc(-c2ccc([N+](=O)[O-])cc2)cs1)c1sc2ccccc2c1Cl. The van der Waals surface area contributed by atoms with Crippen molar-refractivity contribution in [2.45, 2.75) is 6.42 Å². The van der Waals surface area contributed by atoms with Crippen LogP contribution in [-0.2, 0) is 6.42 Å². The quantitative estimate of drug-likeness (QED) is 0.312. The number of nitro benzene ring substituents is 1. The predicted molar refractivity (Wildman–Crippen MR) is 117 cm³/mol. The van der Waals surface area contributed by atoms with Gasteiger partial charge in [-0.05, 0) is 18.2 Å². The highest BCUT2D eigenvalue weighted by atomic mass is 35.5. The second-order valence-corrected chi connectivity index (χ2v) is 8.55. The number of nitrogens with zero attached hydrogens (tertiary/aromatic N) is 2. The molecule has 2 aromatic carbocycles. The van der Waals surface area contributed by atoms with Gasteiger partial charge in [0.05, 0.1) is 20.6 Å². The summed E-state index contributed by atoms with van der Waals surface area (Å²) >= 11 is 9.21. The van der Waals surface area contributed by atoms with E-state index in [4.69, 9.17) is 11.6 Å². The number of thiazole rings is 1. The van der Waals surface area contributed by atoms with E-state index in [0.29, 0.717) is 22.9 Å². The Labute approximate surface area is 178 Å². The molecule has 1 amide bonds. The van der Waals surface area contributed by atoms with Crippen LogP contribution in [0.2, 0.25) is 5.02 Å². The lowest BCUT2D eigenvalue weighted by Crippen LogP contribution is -2.25. The maximum Gasteiger partial charge on any atom is 0.269 e.